The van der Waals surface area contributed by atoms with Gasteiger partial charge < -0.3 is 9.80 Å². The highest BCUT2D eigenvalue weighted by molar-refractivity contribution is 6.31. The van der Waals surface area contributed by atoms with Crippen LogP contribution in [0.1, 0.15) is 17.5 Å². The van der Waals surface area contributed by atoms with Crippen LogP contribution in [0.15, 0.2) is 48.5 Å². The molecule has 2 aliphatic heterocycles. The average molecular weight is 355 g/mol. The zero-order valence-corrected chi connectivity index (χ0v) is 14.6. The fourth-order valence-corrected chi connectivity index (χ4v) is 3.91. The average Bonchev–Trinajstić information content (AvgIpc) is 3.20. The standard InChI is InChI=1S/C20H19ClN2O2/c21-17-7-3-1-6-15(17)12-22-13-16(11-19(22)24)20(25)23-10-9-14-5-2-4-8-18(14)23/h1-8,16H,9-13H2/t16-/m1/s1. The van der Waals surface area contributed by atoms with Gasteiger partial charge in [-0.2, -0.15) is 0 Å². The molecule has 2 amide bonds. The molecule has 1 saturated heterocycles. The number of hydrogen-bond donors (Lipinski definition) is 0. The van der Waals surface area contributed by atoms with E-state index in [4.69, 9.17) is 11.6 Å². The molecular weight excluding hydrogens is 336 g/mol. The number of likely N-dealkylation sites (tertiary alicyclic amines) is 1. The number of carbonyl (C=O) groups excluding carboxylic acids is 2. The minimum Gasteiger partial charge on any atom is -0.337 e. The molecule has 0 aromatic heterocycles. The summed E-state index contributed by atoms with van der Waals surface area (Å²) in [6.07, 6.45) is 1.16. The zero-order valence-electron chi connectivity index (χ0n) is 13.8. The molecule has 0 radical (unpaired) electrons. The van der Waals surface area contributed by atoms with Gasteiger partial charge in [0, 0.05) is 36.8 Å². The Morgan fingerprint density at radius 3 is 2.72 bits per heavy atom. The molecule has 1 atom stereocenters. The van der Waals surface area contributed by atoms with Crippen LogP contribution in [0.25, 0.3) is 0 Å². The van der Waals surface area contributed by atoms with Crippen molar-refractivity contribution in [2.45, 2.75) is 19.4 Å². The van der Waals surface area contributed by atoms with Crippen molar-refractivity contribution < 1.29 is 9.59 Å². The fourth-order valence-electron chi connectivity index (χ4n) is 3.71. The van der Waals surface area contributed by atoms with Gasteiger partial charge in [-0.1, -0.05) is 48.0 Å². The van der Waals surface area contributed by atoms with Crippen LogP contribution in [-0.2, 0) is 22.6 Å². The number of hydrogen-bond acceptors (Lipinski definition) is 2. The van der Waals surface area contributed by atoms with Crippen LogP contribution in [0.4, 0.5) is 5.69 Å². The van der Waals surface area contributed by atoms with Crippen LogP contribution >= 0.6 is 11.6 Å². The quantitative estimate of drug-likeness (QED) is 0.848. The van der Waals surface area contributed by atoms with Crippen LogP contribution in [0, 0.1) is 5.92 Å². The predicted octanol–water partition coefficient (Wildman–Crippen LogP) is 3.28. The van der Waals surface area contributed by atoms with Crippen molar-refractivity contribution in [3.05, 3.63) is 64.7 Å². The van der Waals surface area contributed by atoms with Crippen LogP contribution < -0.4 is 4.90 Å². The van der Waals surface area contributed by atoms with Crippen molar-refractivity contribution in [2.24, 2.45) is 5.92 Å². The van der Waals surface area contributed by atoms with E-state index in [0.717, 1.165) is 17.7 Å². The number of amides is 2. The SMILES string of the molecule is O=C1C[C@@H](C(=O)N2CCc3ccccc32)CN1Cc1ccccc1Cl. The normalized spacial score (nSPS) is 19.4. The molecule has 1 fully saturated rings. The van der Waals surface area contributed by atoms with Crippen LogP contribution in [-0.4, -0.2) is 29.8 Å². The molecule has 2 aromatic rings. The van der Waals surface area contributed by atoms with E-state index >= 15 is 0 Å². The lowest BCUT2D eigenvalue weighted by Gasteiger charge is -2.22. The summed E-state index contributed by atoms with van der Waals surface area (Å²) in [6.45, 7) is 1.62. The molecule has 0 aliphatic carbocycles. The third-order valence-corrected chi connectivity index (χ3v) is 5.40. The second-order valence-electron chi connectivity index (χ2n) is 6.64. The number of anilines is 1. The Labute approximate surface area is 152 Å². The first kappa shape index (κ1) is 16.2. The Hall–Kier alpha value is -2.33. The summed E-state index contributed by atoms with van der Waals surface area (Å²) in [5.74, 6) is -0.202. The molecule has 2 aromatic carbocycles. The summed E-state index contributed by atoms with van der Waals surface area (Å²) in [6, 6.07) is 15.5. The second-order valence-corrected chi connectivity index (χ2v) is 7.04. The lowest BCUT2D eigenvalue weighted by atomic mass is 10.1. The Kier molecular flexibility index (Phi) is 4.22. The highest BCUT2D eigenvalue weighted by Crippen LogP contribution is 2.31. The van der Waals surface area contributed by atoms with E-state index in [1.54, 1.807) is 4.90 Å². The van der Waals surface area contributed by atoms with Gasteiger partial charge >= 0.3 is 0 Å². The van der Waals surface area contributed by atoms with Gasteiger partial charge in [0.15, 0.2) is 0 Å². The monoisotopic (exact) mass is 354 g/mol. The third-order valence-electron chi connectivity index (χ3n) is 5.04. The fraction of sp³-hybridized carbons (Fsp3) is 0.300. The molecule has 0 bridgehead atoms. The summed E-state index contributed by atoms with van der Waals surface area (Å²) in [4.78, 5) is 28.9. The van der Waals surface area contributed by atoms with Crippen LogP contribution in [0.2, 0.25) is 5.02 Å². The number of carbonyl (C=O) groups is 2. The van der Waals surface area contributed by atoms with Crippen molar-refractivity contribution in [1.82, 2.24) is 4.90 Å². The lowest BCUT2D eigenvalue weighted by Crippen LogP contribution is -2.36. The first-order chi connectivity index (χ1) is 12.1. The summed E-state index contributed by atoms with van der Waals surface area (Å²) in [5.41, 5.74) is 3.11. The Morgan fingerprint density at radius 2 is 1.88 bits per heavy atom. The summed E-state index contributed by atoms with van der Waals surface area (Å²) < 4.78 is 0. The van der Waals surface area contributed by atoms with Crippen LogP contribution in [0.5, 0.6) is 0 Å². The van der Waals surface area contributed by atoms with E-state index in [-0.39, 0.29) is 24.2 Å². The van der Waals surface area contributed by atoms with Gasteiger partial charge in [-0.15, -0.1) is 0 Å². The van der Waals surface area contributed by atoms with E-state index in [1.165, 1.54) is 5.56 Å². The maximum absolute atomic E-state index is 12.9. The van der Waals surface area contributed by atoms with E-state index in [0.29, 0.717) is 24.7 Å². The number of rotatable bonds is 3. The maximum Gasteiger partial charge on any atom is 0.232 e. The highest BCUT2D eigenvalue weighted by atomic mass is 35.5. The molecule has 0 N–H and O–H groups in total. The summed E-state index contributed by atoms with van der Waals surface area (Å²) in [5, 5.41) is 0.651. The Balaban J connectivity index is 1.47. The van der Waals surface area contributed by atoms with Crippen molar-refractivity contribution >= 4 is 29.1 Å². The molecule has 2 aliphatic rings. The minimum absolute atomic E-state index is 0.0192. The predicted molar refractivity (Wildman–Crippen MR) is 97.5 cm³/mol. The molecule has 4 nitrogen and oxygen atoms in total. The minimum atomic E-state index is -0.277. The van der Waals surface area contributed by atoms with Gasteiger partial charge in [-0.05, 0) is 29.7 Å². The first-order valence-corrected chi connectivity index (χ1v) is 8.92. The molecular formula is C20H19ClN2O2. The van der Waals surface area contributed by atoms with Crippen molar-refractivity contribution in [2.75, 3.05) is 18.0 Å². The molecule has 2 heterocycles. The molecule has 4 rings (SSSR count). The molecule has 0 saturated carbocycles. The van der Waals surface area contributed by atoms with E-state index in [1.807, 2.05) is 47.4 Å². The van der Waals surface area contributed by atoms with Crippen molar-refractivity contribution in [1.29, 1.82) is 0 Å². The summed E-state index contributed by atoms with van der Waals surface area (Å²) >= 11 is 6.20. The van der Waals surface area contributed by atoms with Gasteiger partial charge in [0.2, 0.25) is 11.8 Å². The highest BCUT2D eigenvalue weighted by Gasteiger charge is 2.38. The number of nitrogens with zero attached hydrogens (tertiary/aromatic N) is 2. The second kappa shape index (κ2) is 6.52. The van der Waals surface area contributed by atoms with Gasteiger partial charge in [0.05, 0.1) is 5.92 Å². The largest absolute Gasteiger partial charge is 0.337 e. The third kappa shape index (κ3) is 3.02. The Morgan fingerprint density at radius 1 is 1.12 bits per heavy atom. The smallest absolute Gasteiger partial charge is 0.232 e. The number of para-hydroxylation sites is 1. The number of halogens is 1. The number of benzene rings is 2. The molecule has 25 heavy (non-hydrogen) atoms. The van der Waals surface area contributed by atoms with Gasteiger partial charge in [-0.25, -0.2) is 0 Å². The van der Waals surface area contributed by atoms with E-state index in [9.17, 15) is 9.59 Å². The van der Waals surface area contributed by atoms with E-state index in [2.05, 4.69) is 6.07 Å². The topological polar surface area (TPSA) is 40.6 Å². The van der Waals surface area contributed by atoms with Gasteiger partial charge in [0.1, 0.15) is 0 Å². The van der Waals surface area contributed by atoms with Gasteiger partial charge in [-0.3, -0.25) is 9.59 Å². The van der Waals surface area contributed by atoms with Crippen molar-refractivity contribution in [3.63, 3.8) is 0 Å². The van der Waals surface area contributed by atoms with Gasteiger partial charge in [0.25, 0.3) is 0 Å². The van der Waals surface area contributed by atoms with E-state index < -0.39 is 0 Å². The lowest BCUT2D eigenvalue weighted by molar-refractivity contribution is -0.128. The molecule has 0 spiro atoms. The zero-order chi connectivity index (χ0) is 17.4. The van der Waals surface area contributed by atoms with Crippen LogP contribution in [0.3, 0.4) is 0 Å². The molecule has 128 valence electrons. The maximum atomic E-state index is 12.9. The number of fused-ring (bicyclic) bond motifs is 1. The summed E-state index contributed by atoms with van der Waals surface area (Å²) in [7, 11) is 0. The van der Waals surface area contributed by atoms with Crippen molar-refractivity contribution in [3.8, 4) is 0 Å². The first-order valence-electron chi connectivity index (χ1n) is 8.54. The molecule has 0 unspecified atom stereocenters. The molecule has 5 heteroatoms. The Bertz CT molecular complexity index is 836.